The summed E-state index contributed by atoms with van der Waals surface area (Å²) >= 11 is 0. The Labute approximate surface area is 231 Å². The number of amidine groups is 1. The molecule has 1 atom stereocenters. The van der Waals surface area contributed by atoms with Crippen LogP contribution < -0.4 is 15.8 Å². The lowest BCUT2D eigenvalue weighted by Crippen LogP contribution is -2.45. The molecule has 1 unspecified atom stereocenters. The van der Waals surface area contributed by atoms with E-state index in [1.807, 2.05) is 6.20 Å². The molecule has 2 bridgehead atoms. The normalized spacial score (nSPS) is 21.7. The highest BCUT2D eigenvalue weighted by Gasteiger charge is 2.42. The summed E-state index contributed by atoms with van der Waals surface area (Å²) in [5, 5.41) is 0. The third-order valence-electron chi connectivity index (χ3n) is 9.69. The van der Waals surface area contributed by atoms with Gasteiger partial charge in [0.05, 0.1) is 22.6 Å². The Morgan fingerprint density at radius 3 is 2.72 bits per heavy atom. The third-order valence-corrected chi connectivity index (χ3v) is 9.69. The van der Waals surface area contributed by atoms with Crippen LogP contribution >= 0.6 is 0 Å². The average Bonchev–Trinajstić information content (AvgIpc) is 3.30. The lowest BCUT2D eigenvalue weighted by Gasteiger charge is -2.44. The van der Waals surface area contributed by atoms with Gasteiger partial charge < -0.3 is 4.90 Å². The smallest absolute Gasteiger partial charge is 0.150 e. The fraction of sp³-hybridized carbons (Fsp3) is 0.281. The third kappa shape index (κ3) is 3.19. The van der Waals surface area contributed by atoms with Gasteiger partial charge >= 0.3 is 0 Å². The molecule has 1 fully saturated rings. The van der Waals surface area contributed by atoms with Crippen LogP contribution in [-0.2, 0) is 6.42 Å². The summed E-state index contributed by atoms with van der Waals surface area (Å²) in [4.78, 5) is 20.6. The second-order valence-corrected chi connectivity index (χ2v) is 12.0. The van der Waals surface area contributed by atoms with E-state index >= 15 is 0 Å². The van der Waals surface area contributed by atoms with Crippen molar-refractivity contribution in [2.45, 2.75) is 38.5 Å². The van der Waals surface area contributed by atoms with Gasteiger partial charge in [-0.25, -0.2) is 9.98 Å². The fourth-order valence-corrected chi connectivity index (χ4v) is 7.47. The number of anilines is 2. The average molecular weight is 507 g/mol. The Morgan fingerprint density at radius 2 is 1.92 bits per heavy atom. The molecule has 2 aromatic heterocycles. The van der Waals surface area contributed by atoms with Crippen LogP contribution in [0.2, 0.25) is 0 Å². The van der Waals surface area contributed by atoms with Gasteiger partial charge in [-0.15, -0.1) is 0 Å². The van der Waals surface area contributed by atoms with E-state index in [0.717, 1.165) is 78.9 Å². The predicted octanol–water partition coefficient (Wildman–Crippen LogP) is 3.02. The molecule has 1 aliphatic carbocycles. The molecule has 1 aromatic carbocycles. The van der Waals surface area contributed by atoms with Crippen molar-refractivity contribution < 1.29 is 0 Å². The van der Waals surface area contributed by atoms with Crippen LogP contribution in [0.5, 0.6) is 0 Å². The number of likely N-dealkylation sites (tertiary alicyclic amines) is 1. The summed E-state index contributed by atoms with van der Waals surface area (Å²) in [5.74, 6) is 3.20. The van der Waals surface area contributed by atoms with E-state index in [9.17, 15) is 0 Å². The summed E-state index contributed by atoms with van der Waals surface area (Å²) in [7, 11) is 4.42. The first-order valence-electron chi connectivity index (χ1n) is 14.2. The van der Waals surface area contributed by atoms with Crippen LogP contribution in [-0.4, -0.2) is 49.5 Å². The Morgan fingerprint density at radius 1 is 1.08 bits per heavy atom. The summed E-state index contributed by atoms with van der Waals surface area (Å²) in [6.45, 7) is 8.59. The Hall–Kier alpha value is -3.86. The van der Waals surface area contributed by atoms with Crippen molar-refractivity contribution in [1.29, 1.82) is 0 Å². The van der Waals surface area contributed by atoms with Crippen LogP contribution in [0.3, 0.4) is 0 Å². The number of hydrogen-bond donors (Lipinski definition) is 0. The van der Waals surface area contributed by atoms with Gasteiger partial charge in [0.2, 0.25) is 0 Å². The summed E-state index contributed by atoms with van der Waals surface area (Å²) in [5.41, 5.74) is 12.3. The summed E-state index contributed by atoms with van der Waals surface area (Å²) in [6.07, 6.45) is 13.0. The minimum atomic E-state index is 0.179. The molecule has 4 aliphatic heterocycles. The molecular formula is C32H31B2N5. The zero-order valence-corrected chi connectivity index (χ0v) is 23.0. The van der Waals surface area contributed by atoms with Crippen molar-refractivity contribution in [3.63, 3.8) is 0 Å². The maximum absolute atomic E-state index is 5.50. The van der Waals surface area contributed by atoms with Gasteiger partial charge in [-0.3, -0.25) is 9.88 Å². The van der Waals surface area contributed by atoms with Crippen LogP contribution in [0.25, 0.3) is 11.3 Å². The number of rotatable bonds is 0. The molecular weight excluding hydrogens is 476 g/mol. The molecule has 7 heteroatoms. The number of pyridine rings is 2. The standard InChI is InChI=1S/C32H31B2N5/c1-18-15-25-36-30(38-13-10-32(11-14-38)9-4-5-19(32)2)22-17-24(34)28-26-20(6-3-7-23(26)33)16-21-8-12-35-27(18)29(21)39(25)31(22)37-28/h3-8,12,15,17-18H,2,9-11,13-14,16,33-34H2,1H3. The molecule has 8 rings (SSSR count). The number of benzene rings is 1. The Balaban J connectivity index is 1.34. The van der Waals surface area contributed by atoms with Crippen LogP contribution in [0.15, 0.2) is 77.7 Å². The van der Waals surface area contributed by atoms with Crippen LogP contribution in [0.1, 0.15) is 54.5 Å². The van der Waals surface area contributed by atoms with Gasteiger partial charge in [0.25, 0.3) is 0 Å². The molecule has 3 aromatic rings. The number of allylic oxidation sites excluding steroid dienone is 4. The fourth-order valence-electron chi connectivity index (χ4n) is 7.47. The van der Waals surface area contributed by atoms with Gasteiger partial charge in [0, 0.05) is 37.0 Å². The second kappa shape index (κ2) is 8.08. The highest BCUT2D eigenvalue weighted by molar-refractivity contribution is 6.40. The molecule has 5 aliphatic rings. The zero-order chi connectivity index (χ0) is 26.5. The first-order valence-corrected chi connectivity index (χ1v) is 14.2. The molecule has 0 amide bonds. The van der Waals surface area contributed by atoms with E-state index in [0.29, 0.717) is 0 Å². The molecule has 0 radical (unpaired) electrons. The quantitative estimate of drug-likeness (QED) is 0.439. The van der Waals surface area contributed by atoms with Crippen molar-refractivity contribution in [2.24, 2.45) is 10.4 Å². The van der Waals surface area contributed by atoms with Crippen LogP contribution in [0.4, 0.5) is 11.5 Å². The topological polar surface area (TPSA) is 44.6 Å². The van der Waals surface area contributed by atoms with Gasteiger partial charge in [-0.1, -0.05) is 60.8 Å². The lowest BCUT2D eigenvalue weighted by molar-refractivity contribution is 0.198. The maximum Gasteiger partial charge on any atom is 0.150 e. The monoisotopic (exact) mass is 507 g/mol. The Kier molecular flexibility index (Phi) is 4.78. The minimum Gasteiger partial charge on any atom is -0.356 e. The Bertz CT molecular complexity index is 1690. The van der Waals surface area contributed by atoms with E-state index < -0.39 is 0 Å². The number of aliphatic imine (C=N–C) groups is 1. The number of fused-ring (bicyclic) bond motifs is 3. The number of piperidine rings is 1. The van der Waals surface area contributed by atoms with E-state index in [1.165, 1.54) is 33.2 Å². The van der Waals surface area contributed by atoms with Crippen molar-refractivity contribution >= 4 is 44.0 Å². The SMILES string of the molecule is Bc1cc2c3nc1-c1c(B)cccc1Cc1ccnc4c1N3C(=CC4C)N=C2N1CCC2(CC=CC2=C)CC1. The number of aromatic nitrogens is 2. The minimum absolute atomic E-state index is 0.179. The molecule has 1 saturated heterocycles. The molecule has 39 heavy (non-hydrogen) atoms. The maximum atomic E-state index is 5.50. The number of hydrogen-bond acceptors (Lipinski definition) is 5. The largest absolute Gasteiger partial charge is 0.356 e. The second-order valence-electron chi connectivity index (χ2n) is 12.0. The molecule has 0 saturated carbocycles. The lowest BCUT2D eigenvalue weighted by atomic mass is 9.74. The molecule has 5 nitrogen and oxygen atoms in total. The molecule has 190 valence electrons. The highest BCUT2D eigenvalue weighted by atomic mass is 15.3. The van der Waals surface area contributed by atoms with Gasteiger partial charge in [-0.2, -0.15) is 0 Å². The van der Waals surface area contributed by atoms with Crippen molar-refractivity contribution in [2.75, 3.05) is 18.0 Å². The molecule has 6 heterocycles. The highest BCUT2D eigenvalue weighted by Crippen LogP contribution is 2.49. The molecule has 0 N–H and O–H groups in total. The predicted molar refractivity (Wildman–Crippen MR) is 164 cm³/mol. The first-order chi connectivity index (χ1) is 18.9. The van der Waals surface area contributed by atoms with Crippen molar-refractivity contribution in [3.05, 3.63) is 95.1 Å². The summed E-state index contributed by atoms with van der Waals surface area (Å²) < 4.78 is 0. The van der Waals surface area contributed by atoms with Crippen molar-refractivity contribution in [3.8, 4) is 11.3 Å². The van der Waals surface area contributed by atoms with E-state index in [1.54, 1.807) is 0 Å². The molecule has 1 spiro atoms. The summed E-state index contributed by atoms with van der Waals surface area (Å²) in [6, 6.07) is 11.2. The van der Waals surface area contributed by atoms with E-state index in [2.05, 4.69) is 87.6 Å². The van der Waals surface area contributed by atoms with Gasteiger partial charge in [0.1, 0.15) is 27.3 Å². The van der Waals surface area contributed by atoms with Gasteiger partial charge in [-0.05, 0) is 53.7 Å². The van der Waals surface area contributed by atoms with E-state index in [4.69, 9.17) is 15.0 Å². The first kappa shape index (κ1) is 23.1. The zero-order valence-electron chi connectivity index (χ0n) is 23.0. The van der Waals surface area contributed by atoms with Crippen LogP contribution in [0, 0.1) is 5.41 Å². The van der Waals surface area contributed by atoms with E-state index in [-0.39, 0.29) is 11.3 Å². The van der Waals surface area contributed by atoms with Crippen molar-refractivity contribution in [1.82, 2.24) is 14.9 Å². The number of nitrogens with zero attached hydrogens (tertiary/aromatic N) is 5. The van der Waals surface area contributed by atoms with Gasteiger partial charge in [0.15, 0.2) is 5.82 Å².